The van der Waals surface area contributed by atoms with Crippen LogP contribution in [0.5, 0.6) is 0 Å². The first-order valence-corrected chi connectivity index (χ1v) is 10.9. The molecule has 0 radical (unpaired) electrons. The lowest BCUT2D eigenvalue weighted by Gasteiger charge is -2.47. The maximum atomic E-state index is 15.0. The standard InChI is InChI=1S/C24H20F4N6O2/c1-14(35)36-34-13-23(27,28)12-33-21(34)24(32-22(33)29,15-6-9-30-10-7-15)16-4-5-19(25)18(11-16)17-3-2-8-31-20(17)26/h2-11,21H,12-13H2,1H3,(H2,29,32). The average Bonchev–Trinajstić information content (AvgIpc) is 3.12. The summed E-state index contributed by atoms with van der Waals surface area (Å²) < 4.78 is 58.8. The van der Waals surface area contributed by atoms with E-state index in [0.717, 1.165) is 23.0 Å². The lowest BCUT2D eigenvalue weighted by Crippen LogP contribution is -2.66. The van der Waals surface area contributed by atoms with Gasteiger partial charge in [-0.25, -0.2) is 23.1 Å². The van der Waals surface area contributed by atoms with Crippen molar-refractivity contribution in [2.24, 2.45) is 10.7 Å². The Hall–Kier alpha value is -4.06. The maximum Gasteiger partial charge on any atom is 0.322 e. The first-order valence-electron chi connectivity index (χ1n) is 10.9. The first-order chi connectivity index (χ1) is 17.1. The molecule has 2 atom stereocenters. The predicted molar refractivity (Wildman–Crippen MR) is 120 cm³/mol. The van der Waals surface area contributed by atoms with E-state index in [2.05, 4.69) is 15.0 Å². The number of hydroxylamine groups is 2. The molecule has 1 aromatic carbocycles. The Morgan fingerprint density at radius 2 is 1.81 bits per heavy atom. The molecule has 2 N–H and O–H groups in total. The van der Waals surface area contributed by atoms with Gasteiger partial charge in [0.1, 0.15) is 12.4 Å². The fraction of sp³-hybridized carbons (Fsp3) is 0.250. The molecule has 4 heterocycles. The van der Waals surface area contributed by atoms with Crippen molar-refractivity contribution in [1.82, 2.24) is 19.9 Å². The molecule has 1 saturated heterocycles. The van der Waals surface area contributed by atoms with E-state index in [9.17, 15) is 22.4 Å². The lowest BCUT2D eigenvalue weighted by molar-refractivity contribution is -0.263. The zero-order valence-corrected chi connectivity index (χ0v) is 18.9. The minimum atomic E-state index is -3.28. The summed E-state index contributed by atoms with van der Waals surface area (Å²) in [7, 11) is 0. The van der Waals surface area contributed by atoms with Gasteiger partial charge in [0.25, 0.3) is 5.92 Å². The van der Waals surface area contributed by atoms with E-state index in [-0.39, 0.29) is 17.1 Å². The number of halogens is 4. The molecule has 36 heavy (non-hydrogen) atoms. The van der Waals surface area contributed by atoms with Gasteiger partial charge in [-0.3, -0.25) is 9.78 Å². The van der Waals surface area contributed by atoms with Crippen LogP contribution in [-0.2, 0) is 15.2 Å². The zero-order chi connectivity index (χ0) is 25.7. The molecule has 186 valence electrons. The number of nitrogens with two attached hydrogens (primary N) is 1. The molecule has 2 unspecified atom stereocenters. The SMILES string of the molecule is CC(=O)ON1CC(F)(F)CN2C(N)=NC(c3ccncc3)(c3ccc(F)c(-c4cccnc4F)c3)C12. The minimum Gasteiger partial charge on any atom is -0.370 e. The number of hydrogen-bond acceptors (Lipinski definition) is 8. The Kier molecular flexibility index (Phi) is 5.62. The molecule has 0 amide bonds. The number of carbonyl (C=O) groups excluding carboxylic acids is 1. The lowest BCUT2D eigenvalue weighted by atomic mass is 9.79. The van der Waals surface area contributed by atoms with Crippen molar-refractivity contribution in [2.45, 2.75) is 24.6 Å². The smallest absolute Gasteiger partial charge is 0.322 e. The number of aliphatic imine (C=N–C) groups is 1. The van der Waals surface area contributed by atoms with Gasteiger partial charge in [0, 0.05) is 36.6 Å². The second kappa shape index (κ2) is 8.55. The van der Waals surface area contributed by atoms with Crippen molar-refractivity contribution in [3.05, 3.63) is 83.9 Å². The molecule has 2 aliphatic heterocycles. The van der Waals surface area contributed by atoms with Gasteiger partial charge in [0.05, 0.1) is 6.54 Å². The van der Waals surface area contributed by atoms with Crippen LogP contribution in [0.1, 0.15) is 18.1 Å². The van der Waals surface area contributed by atoms with Crippen molar-refractivity contribution in [2.75, 3.05) is 13.1 Å². The molecule has 0 saturated carbocycles. The average molecular weight is 500 g/mol. The van der Waals surface area contributed by atoms with Crippen molar-refractivity contribution in [3.63, 3.8) is 0 Å². The van der Waals surface area contributed by atoms with Gasteiger partial charge in [0.2, 0.25) is 5.95 Å². The Bertz CT molecular complexity index is 1360. The van der Waals surface area contributed by atoms with Crippen LogP contribution in [0.25, 0.3) is 11.1 Å². The molecule has 1 fully saturated rings. The van der Waals surface area contributed by atoms with Crippen LogP contribution in [0.4, 0.5) is 17.6 Å². The second-order valence-corrected chi connectivity index (χ2v) is 8.52. The number of hydrogen-bond donors (Lipinski definition) is 1. The van der Waals surface area contributed by atoms with Crippen LogP contribution in [0.2, 0.25) is 0 Å². The second-order valence-electron chi connectivity index (χ2n) is 8.52. The highest BCUT2D eigenvalue weighted by Crippen LogP contribution is 2.48. The van der Waals surface area contributed by atoms with Gasteiger partial charge in [-0.2, -0.15) is 4.39 Å². The first kappa shape index (κ1) is 23.7. The Morgan fingerprint density at radius 1 is 1.06 bits per heavy atom. The van der Waals surface area contributed by atoms with Crippen LogP contribution >= 0.6 is 0 Å². The van der Waals surface area contributed by atoms with E-state index in [1.165, 1.54) is 42.9 Å². The maximum absolute atomic E-state index is 15.0. The summed E-state index contributed by atoms with van der Waals surface area (Å²) in [6.45, 7) is -0.622. The number of aromatic nitrogens is 2. The summed E-state index contributed by atoms with van der Waals surface area (Å²) in [5, 5.41) is 0.837. The highest BCUT2D eigenvalue weighted by molar-refractivity contribution is 5.83. The zero-order valence-electron chi connectivity index (χ0n) is 18.9. The van der Waals surface area contributed by atoms with Crippen molar-refractivity contribution < 1.29 is 27.2 Å². The van der Waals surface area contributed by atoms with Gasteiger partial charge in [-0.1, -0.05) is 6.07 Å². The quantitative estimate of drug-likeness (QED) is 0.435. The molecule has 2 aliphatic rings. The largest absolute Gasteiger partial charge is 0.370 e. The molecule has 5 rings (SSSR count). The fourth-order valence-electron chi connectivity index (χ4n) is 4.80. The molecule has 2 aromatic heterocycles. The Labute approximate surface area is 203 Å². The van der Waals surface area contributed by atoms with Crippen LogP contribution < -0.4 is 5.73 Å². The number of carbonyl (C=O) groups is 1. The van der Waals surface area contributed by atoms with E-state index < -0.39 is 48.5 Å². The van der Waals surface area contributed by atoms with Crippen LogP contribution in [0.3, 0.4) is 0 Å². The van der Waals surface area contributed by atoms with Crippen molar-refractivity contribution in [1.29, 1.82) is 0 Å². The molecule has 3 aromatic rings. The third-order valence-electron chi connectivity index (χ3n) is 6.14. The number of fused-ring (bicyclic) bond motifs is 1. The van der Waals surface area contributed by atoms with E-state index in [0.29, 0.717) is 11.1 Å². The number of benzene rings is 1. The van der Waals surface area contributed by atoms with E-state index in [4.69, 9.17) is 10.6 Å². The third-order valence-corrected chi connectivity index (χ3v) is 6.14. The summed E-state index contributed by atoms with van der Waals surface area (Å²) in [5.74, 6) is -5.95. The number of rotatable bonds is 4. The number of pyridine rings is 2. The highest BCUT2D eigenvalue weighted by Gasteiger charge is 2.61. The third kappa shape index (κ3) is 3.83. The molecular formula is C24H20F4N6O2. The summed E-state index contributed by atoms with van der Waals surface area (Å²) in [6, 6.07) is 9.94. The Morgan fingerprint density at radius 3 is 2.50 bits per heavy atom. The Balaban J connectivity index is 1.77. The van der Waals surface area contributed by atoms with Gasteiger partial charge < -0.3 is 15.5 Å². The summed E-state index contributed by atoms with van der Waals surface area (Å²) >= 11 is 0. The van der Waals surface area contributed by atoms with Gasteiger partial charge >= 0.3 is 5.97 Å². The summed E-state index contributed by atoms with van der Waals surface area (Å²) in [6.07, 6.45) is 3.03. The fourth-order valence-corrected chi connectivity index (χ4v) is 4.80. The van der Waals surface area contributed by atoms with Gasteiger partial charge in [0.15, 0.2) is 17.7 Å². The molecule has 12 heteroatoms. The van der Waals surface area contributed by atoms with Crippen molar-refractivity contribution in [3.8, 4) is 11.1 Å². The molecule has 0 bridgehead atoms. The van der Waals surface area contributed by atoms with Gasteiger partial charge in [-0.15, -0.1) is 5.06 Å². The van der Waals surface area contributed by atoms with Gasteiger partial charge in [-0.05, 0) is 47.5 Å². The molecule has 0 aliphatic carbocycles. The van der Waals surface area contributed by atoms with E-state index in [1.807, 2.05) is 0 Å². The van der Waals surface area contributed by atoms with Crippen LogP contribution in [-0.4, -0.2) is 57.0 Å². The van der Waals surface area contributed by atoms with Crippen LogP contribution in [0, 0.1) is 11.8 Å². The highest BCUT2D eigenvalue weighted by atomic mass is 19.3. The van der Waals surface area contributed by atoms with Crippen molar-refractivity contribution >= 4 is 11.9 Å². The monoisotopic (exact) mass is 500 g/mol. The molecule has 8 nitrogen and oxygen atoms in total. The molecular weight excluding hydrogens is 480 g/mol. The topological polar surface area (TPSA) is 96.9 Å². The summed E-state index contributed by atoms with van der Waals surface area (Å²) in [4.78, 5) is 30.5. The molecule has 0 spiro atoms. The van der Waals surface area contributed by atoms with E-state index in [1.54, 1.807) is 12.1 Å². The minimum absolute atomic E-state index is 0.0967. The predicted octanol–water partition coefficient (Wildman–Crippen LogP) is 3.05. The van der Waals surface area contributed by atoms with E-state index >= 15 is 0 Å². The number of nitrogens with zero attached hydrogens (tertiary/aromatic N) is 5. The number of alkyl halides is 2. The normalized spacial score (nSPS) is 23.2. The number of guanidine groups is 1. The summed E-state index contributed by atoms with van der Waals surface area (Å²) in [5.41, 5.74) is 5.15. The van der Waals surface area contributed by atoms with Crippen LogP contribution in [0.15, 0.2) is 66.0 Å².